The zero-order chi connectivity index (χ0) is 23.6. The van der Waals surface area contributed by atoms with Gasteiger partial charge >= 0.3 is 0 Å². The molecule has 7 heteroatoms. The number of fused-ring (bicyclic) bond motifs is 1. The van der Waals surface area contributed by atoms with E-state index in [1.807, 2.05) is 20.0 Å². The highest BCUT2D eigenvalue weighted by atomic mass is 19.1. The largest absolute Gasteiger partial charge is 0.372 e. The molecule has 0 spiro atoms. The molecule has 2 aliphatic rings. The van der Waals surface area contributed by atoms with Crippen molar-refractivity contribution >= 4 is 11.6 Å². The number of halogens is 2. The molecule has 0 aromatic heterocycles. The minimum Gasteiger partial charge on any atom is -0.372 e. The Labute approximate surface area is 194 Å². The predicted molar refractivity (Wildman–Crippen MR) is 125 cm³/mol. The summed E-state index contributed by atoms with van der Waals surface area (Å²) in [7, 11) is 1.99. The van der Waals surface area contributed by atoms with E-state index >= 15 is 0 Å². The maximum atomic E-state index is 13.8. The summed E-state index contributed by atoms with van der Waals surface area (Å²) in [6, 6.07) is 9.36. The summed E-state index contributed by atoms with van der Waals surface area (Å²) in [4.78, 5) is 17.3. The summed E-state index contributed by atoms with van der Waals surface area (Å²) in [6.45, 7) is 3.50. The second-order valence-electron chi connectivity index (χ2n) is 9.86. The van der Waals surface area contributed by atoms with Gasteiger partial charge in [-0.1, -0.05) is 6.07 Å². The number of carbonyl (C=O) groups excluding carboxylic acids is 1. The average Bonchev–Trinajstić information content (AvgIpc) is 3.19. The van der Waals surface area contributed by atoms with E-state index in [0.29, 0.717) is 12.1 Å². The van der Waals surface area contributed by atoms with Crippen LogP contribution in [0.5, 0.6) is 0 Å². The number of benzene rings is 2. The van der Waals surface area contributed by atoms with Crippen molar-refractivity contribution in [1.82, 2.24) is 9.80 Å². The molecular formula is C26H33F2N3O2. The van der Waals surface area contributed by atoms with Crippen molar-refractivity contribution in [3.8, 4) is 0 Å². The number of carbonyl (C=O) groups is 1. The maximum Gasteiger partial charge on any atom is 0.230 e. The average molecular weight is 458 g/mol. The van der Waals surface area contributed by atoms with Crippen LogP contribution < -0.4 is 5.32 Å². The molecule has 33 heavy (non-hydrogen) atoms. The summed E-state index contributed by atoms with van der Waals surface area (Å²) in [5.41, 5.74) is 3.17. The van der Waals surface area contributed by atoms with Crippen LogP contribution in [0.4, 0.5) is 14.5 Å². The molecule has 2 unspecified atom stereocenters. The highest BCUT2D eigenvalue weighted by Crippen LogP contribution is 2.32. The zero-order valence-corrected chi connectivity index (χ0v) is 19.4. The van der Waals surface area contributed by atoms with Crippen molar-refractivity contribution < 1.29 is 18.7 Å². The topological polar surface area (TPSA) is 55.8 Å². The third kappa shape index (κ3) is 5.71. The highest BCUT2D eigenvalue weighted by Gasteiger charge is 2.40. The minimum absolute atomic E-state index is 0.00730. The molecule has 1 fully saturated rings. The van der Waals surface area contributed by atoms with Gasteiger partial charge in [0.05, 0.1) is 12.0 Å². The van der Waals surface area contributed by atoms with Gasteiger partial charge in [-0.15, -0.1) is 0 Å². The van der Waals surface area contributed by atoms with Gasteiger partial charge < -0.3 is 20.2 Å². The van der Waals surface area contributed by atoms with Gasteiger partial charge in [-0.3, -0.25) is 4.79 Å². The van der Waals surface area contributed by atoms with Crippen LogP contribution in [0.25, 0.3) is 0 Å². The van der Waals surface area contributed by atoms with E-state index in [0.717, 1.165) is 50.4 Å². The van der Waals surface area contributed by atoms with E-state index in [-0.39, 0.29) is 19.0 Å². The Morgan fingerprint density at radius 1 is 1.15 bits per heavy atom. The van der Waals surface area contributed by atoms with Crippen LogP contribution in [-0.2, 0) is 24.2 Å². The van der Waals surface area contributed by atoms with Crippen LogP contribution in [-0.4, -0.2) is 53.7 Å². The molecule has 1 heterocycles. The molecule has 1 amide bonds. The van der Waals surface area contributed by atoms with Crippen molar-refractivity contribution in [2.24, 2.45) is 5.41 Å². The summed E-state index contributed by atoms with van der Waals surface area (Å²) >= 11 is 0. The number of aliphatic hydroxyl groups excluding tert-OH is 1. The Balaban J connectivity index is 1.52. The monoisotopic (exact) mass is 457 g/mol. The lowest BCUT2D eigenvalue weighted by atomic mass is 9.80. The van der Waals surface area contributed by atoms with E-state index in [9.17, 15) is 18.7 Å². The molecule has 0 bridgehead atoms. The fourth-order valence-electron chi connectivity index (χ4n) is 5.30. The Morgan fingerprint density at radius 2 is 1.88 bits per heavy atom. The third-order valence-corrected chi connectivity index (χ3v) is 6.81. The number of piperidine rings is 1. The molecule has 2 aromatic rings. The molecule has 178 valence electrons. The van der Waals surface area contributed by atoms with Crippen molar-refractivity contribution in [1.29, 1.82) is 0 Å². The van der Waals surface area contributed by atoms with Crippen molar-refractivity contribution in [2.75, 3.05) is 32.0 Å². The van der Waals surface area contributed by atoms with Gasteiger partial charge in [-0.05, 0) is 93.6 Å². The van der Waals surface area contributed by atoms with Crippen LogP contribution in [0.2, 0.25) is 0 Å². The predicted octanol–water partition coefficient (Wildman–Crippen LogP) is 3.94. The lowest BCUT2D eigenvalue weighted by Gasteiger charge is -2.41. The van der Waals surface area contributed by atoms with E-state index in [1.54, 1.807) is 0 Å². The first-order valence-electron chi connectivity index (χ1n) is 11.7. The SMILES string of the molecule is CN1CCCC(C)(C(=O)N(Cc2cc(F)cc(F)c2)CC(O)Nc2ccc3c(c2)CCC3)C1. The van der Waals surface area contributed by atoms with E-state index in [2.05, 4.69) is 22.3 Å². The first kappa shape index (κ1) is 23.6. The second-order valence-corrected chi connectivity index (χ2v) is 9.86. The van der Waals surface area contributed by atoms with E-state index in [1.165, 1.54) is 28.2 Å². The molecule has 2 atom stereocenters. The third-order valence-electron chi connectivity index (χ3n) is 6.81. The first-order chi connectivity index (χ1) is 15.7. The van der Waals surface area contributed by atoms with Crippen LogP contribution >= 0.6 is 0 Å². The lowest BCUT2D eigenvalue weighted by molar-refractivity contribution is -0.146. The van der Waals surface area contributed by atoms with Gasteiger partial charge in [0, 0.05) is 24.8 Å². The van der Waals surface area contributed by atoms with Gasteiger partial charge in [-0.25, -0.2) is 8.78 Å². The van der Waals surface area contributed by atoms with Gasteiger partial charge in [-0.2, -0.15) is 0 Å². The van der Waals surface area contributed by atoms with Crippen molar-refractivity contribution in [3.05, 3.63) is 64.7 Å². The molecule has 0 saturated carbocycles. The number of aliphatic hydroxyl groups is 1. The Kier molecular flexibility index (Phi) is 7.00. The van der Waals surface area contributed by atoms with Crippen molar-refractivity contribution in [3.63, 3.8) is 0 Å². The molecule has 5 nitrogen and oxygen atoms in total. The number of amides is 1. The Hall–Kier alpha value is -2.51. The molecule has 1 aliphatic carbocycles. The van der Waals surface area contributed by atoms with Gasteiger partial charge in [0.25, 0.3) is 0 Å². The molecule has 1 saturated heterocycles. The number of anilines is 1. The quantitative estimate of drug-likeness (QED) is 0.619. The summed E-state index contributed by atoms with van der Waals surface area (Å²) < 4.78 is 27.6. The highest BCUT2D eigenvalue weighted by molar-refractivity contribution is 5.83. The van der Waals surface area contributed by atoms with Gasteiger partial charge in [0.1, 0.15) is 17.9 Å². The summed E-state index contributed by atoms with van der Waals surface area (Å²) in [5.74, 6) is -1.48. The molecule has 1 aliphatic heterocycles. The van der Waals surface area contributed by atoms with Gasteiger partial charge in [0.2, 0.25) is 5.91 Å². The smallest absolute Gasteiger partial charge is 0.230 e. The Morgan fingerprint density at radius 3 is 2.61 bits per heavy atom. The fraction of sp³-hybridized carbons (Fsp3) is 0.500. The first-order valence-corrected chi connectivity index (χ1v) is 11.7. The minimum atomic E-state index is -1.02. The molecule has 2 aromatic carbocycles. The van der Waals surface area contributed by atoms with Crippen LogP contribution in [0, 0.1) is 17.0 Å². The number of hydrogen-bond acceptors (Lipinski definition) is 4. The number of likely N-dealkylation sites (tertiary alicyclic amines) is 1. The maximum absolute atomic E-state index is 13.8. The standard InChI is InChI=1S/C26H33F2N3O2/c1-26(9-4-10-30(2)17-26)25(33)31(15-18-11-21(27)14-22(28)12-18)16-24(32)29-23-8-7-19-5-3-6-20(19)13-23/h7-8,11-14,24,29,32H,3-6,9-10,15-17H2,1-2H3. The molecule has 2 N–H and O–H groups in total. The second kappa shape index (κ2) is 9.77. The van der Waals surface area contributed by atoms with Crippen LogP contribution in [0.3, 0.4) is 0 Å². The number of nitrogens with one attached hydrogen (secondary N) is 1. The Bertz CT molecular complexity index is 995. The normalized spacial score (nSPS) is 21.5. The fourth-order valence-corrected chi connectivity index (χ4v) is 5.30. The van der Waals surface area contributed by atoms with E-state index in [4.69, 9.17) is 0 Å². The van der Waals surface area contributed by atoms with Crippen molar-refractivity contribution in [2.45, 2.75) is 51.8 Å². The van der Waals surface area contributed by atoms with Crippen LogP contribution in [0.15, 0.2) is 36.4 Å². The zero-order valence-electron chi connectivity index (χ0n) is 19.4. The lowest BCUT2D eigenvalue weighted by Crippen LogP contribution is -2.52. The summed E-state index contributed by atoms with van der Waals surface area (Å²) in [5, 5.41) is 13.9. The van der Waals surface area contributed by atoms with E-state index < -0.39 is 23.3 Å². The number of hydrogen-bond donors (Lipinski definition) is 2. The van der Waals surface area contributed by atoms with Crippen LogP contribution in [0.1, 0.15) is 42.9 Å². The molecular weight excluding hydrogens is 424 g/mol. The molecule has 4 rings (SSSR count). The number of aryl methyl sites for hydroxylation is 2. The number of nitrogens with zero attached hydrogens (tertiary/aromatic N) is 2. The molecule has 0 radical (unpaired) electrons. The van der Waals surface area contributed by atoms with Gasteiger partial charge in [0.15, 0.2) is 0 Å². The summed E-state index contributed by atoms with van der Waals surface area (Å²) in [6.07, 6.45) is 3.87. The number of rotatable bonds is 7.